The van der Waals surface area contributed by atoms with Gasteiger partial charge in [-0.3, -0.25) is 9.59 Å². The van der Waals surface area contributed by atoms with Crippen LogP contribution in [0.1, 0.15) is 155 Å². The van der Waals surface area contributed by atoms with Gasteiger partial charge in [-0.15, -0.1) is 0 Å². The number of esters is 2. The van der Waals surface area contributed by atoms with Crippen molar-refractivity contribution in [1.82, 2.24) is 0 Å². The third-order valence-corrected chi connectivity index (χ3v) is 9.10. The molecule has 0 aliphatic heterocycles. The monoisotopic (exact) mass is 771 g/mol. The molecule has 0 fully saturated rings. The zero-order valence-corrected chi connectivity index (χ0v) is 35.6. The van der Waals surface area contributed by atoms with E-state index in [1.165, 1.54) is 64.2 Å². The van der Waals surface area contributed by atoms with E-state index in [9.17, 15) is 19.5 Å². The van der Waals surface area contributed by atoms with Crippen LogP contribution in [0.15, 0.2) is 72.9 Å². The average Bonchev–Trinajstić information content (AvgIpc) is 3.14. The fourth-order valence-electron chi connectivity index (χ4n) is 5.78. The van der Waals surface area contributed by atoms with Gasteiger partial charge in [0.2, 0.25) is 0 Å². The van der Waals surface area contributed by atoms with Gasteiger partial charge in [-0.2, -0.15) is 0 Å². The van der Waals surface area contributed by atoms with E-state index in [-0.39, 0.29) is 36.7 Å². The van der Waals surface area contributed by atoms with Crippen LogP contribution in [0, 0.1) is 0 Å². The van der Waals surface area contributed by atoms with Crippen LogP contribution in [-0.2, 0) is 28.6 Å². The van der Waals surface area contributed by atoms with E-state index in [2.05, 4.69) is 74.6 Å². The molecule has 2 unspecified atom stereocenters. The van der Waals surface area contributed by atoms with Crippen molar-refractivity contribution in [3.05, 3.63) is 72.9 Å². The standard InChI is InChI=1S/C47H79NO7/c1-6-8-10-12-14-16-18-20-22-24-26-28-30-32-34-36-38-46(50)55-43(41-53-40-39-44(47(51)52)48(3,4)5)42-54-45(49)37-35-33-31-29-27-25-23-21-19-17-15-13-11-9-7-2/h8,10,14,16-17,19-20,22,26,28,32,34,43-44H,6-7,9,11-13,15,18,21,23-25,27,29-31,33,35-42H2,1-5H3/p+1/b10-8+,16-14+,19-17+,22-20+,28-26+,34-32+. The molecule has 2 atom stereocenters. The molecule has 0 aromatic rings. The van der Waals surface area contributed by atoms with Crippen molar-refractivity contribution in [2.75, 3.05) is 41.0 Å². The van der Waals surface area contributed by atoms with Crippen LogP contribution >= 0.6 is 0 Å². The van der Waals surface area contributed by atoms with Crippen LogP contribution in [0.5, 0.6) is 0 Å². The molecule has 0 bridgehead atoms. The fourth-order valence-corrected chi connectivity index (χ4v) is 5.78. The fraction of sp³-hybridized carbons (Fsp3) is 0.681. The Morgan fingerprint density at radius 3 is 1.58 bits per heavy atom. The van der Waals surface area contributed by atoms with Crippen molar-refractivity contribution >= 4 is 17.9 Å². The highest BCUT2D eigenvalue weighted by Gasteiger charge is 2.31. The van der Waals surface area contributed by atoms with Gasteiger partial charge in [0.15, 0.2) is 12.1 Å². The Labute approximate surface area is 336 Å². The van der Waals surface area contributed by atoms with Gasteiger partial charge < -0.3 is 23.8 Å². The van der Waals surface area contributed by atoms with E-state index >= 15 is 0 Å². The van der Waals surface area contributed by atoms with Crippen LogP contribution in [0.3, 0.4) is 0 Å². The highest BCUT2D eigenvalue weighted by molar-refractivity contribution is 5.72. The van der Waals surface area contributed by atoms with E-state index in [0.29, 0.717) is 19.3 Å². The highest BCUT2D eigenvalue weighted by atomic mass is 16.6. The maximum Gasteiger partial charge on any atom is 0.362 e. The summed E-state index contributed by atoms with van der Waals surface area (Å²) in [5, 5.41) is 9.61. The van der Waals surface area contributed by atoms with E-state index in [4.69, 9.17) is 14.2 Å². The zero-order valence-electron chi connectivity index (χ0n) is 35.6. The van der Waals surface area contributed by atoms with E-state index < -0.39 is 24.1 Å². The van der Waals surface area contributed by atoms with E-state index in [1.54, 1.807) is 0 Å². The average molecular weight is 771 g/mol. The molecule has 0 aliphatic carbocycles. The molecule has 0 spiro atoms. The predicted molar refractivity (Wildman–Crippen MR) is 229 cm³/mol. The first-order valence-electron chi connectivity index (χ1n) is 21.5. The van der Waals surface area contributed by atoms with Gasteiger partial charge >= 0.3 is 17.9 Å². The Morgan fingerprint density at radius 1 is 0.564 bits per heavy atom. The molecule has 8 heteroatoms. The number of carbonyl (C=O) groups is 3. The maximum atomic E-state index is 12.7. The van der Waals surface area contributed by atoms with E-state index in [0.717, 1.165) is 51.4 Å². The maximum absolute atomic E-state index is 12.7. The van der Waals surface area contributed by atoms with Gasteiger partial charge in [-0.25, -0.2) is 4.79 Å². The van der Waals surface area contributed by atoms with Gasteiger partial charge in [0.25, 0.3) is 0 Å². The molecule has 0 amide bonds. The van der Waals surface area contributed by atoms with Crippen LogP contribution in [-0.4, -0.2) is 80.6 Å². The zero-order chi connectivity index (χ0) is 40.7. The molecule has 0 radical (unpaired) electrons. The number of aliphatic carboxylic acids is 1. The lowest BCUT2D eigenvalue weighted by Crippen LogP contribution is -2.50. The second kappa shape index (κ2) is 37.7. The van der Waals surface area contributed by atoms with Crippen molar-refractivity contribution in [1.29, 1.82) is 0 Å². The summed E-state index contributed by atoms with van der Waals surface area (Å²) >= 11 is 0. The lowest BCUT2D eigenvalue weighted by atomic mass is 10.1. The molecule has 8 nitrogen and oxygen atoms in total. The molecule has 0 aromatic heterocycles. The van der Waals surface area contributed by atoms with Crippen molar-refractivity contribution < 1.29 is 38.2 Å². The largest absolute Gasteiger partial charge is 0.477 e. The molecule has 0 aromatic carbocycles. The van der Waals surface area contributed by atoms with Crippen LogP contribution in [0.2, 0.25) is 0 Å². The smallest absolute Gasteiger partial charge is 0.362 e. The SMILES string of the molecule is CC/C=C/C/C=C/C/C=C/C/C=C/C/C=C/CCC(=O)OC(COCCC(C(=O)O)[N+](C)(C)C)COC(=O)CCCCCCCCC/C=C/CCCCCC. The summed E-state index contributed by atoms with van der Waals surface area (Å²) in [4.78, 5) is 36.9. The molecule has 0 saturated heterocycles. The molecule has 0 saturated carbocycles. The molecule has 1 N–H and O–H groups in total. The number of nitrogens with zero attached hydrogens (tertiary/aromatic N) is 1. The Bertz CT molecular complexity index is 1130. The number of ether oxygens (including phenoxy) is 3. The molecule has 55 heavy (non-hydrogen) atoms. The predicted octanol–water partition coefficient (Wildman–Crippen LogP) is 11.6. The number of carbonyl (C=O) groups excluding carboxylic acids is 2. The molecule has 314 valence electrons. The highest BCUT2D eigenvalue weighted by Crippen LogP contribution is 2.13. The van der Waals surface area contributed by atoms with Gasteiger partial charge in [0.05, 0.1) is 34.4 Å². The van der Waals surface area contributed by atoms with Crippen LogP contribution in [0.4, 0.5) is 0 Å². The lowest BCUT2D eigenvalue weighted by Gasteiger charge is -2.31. The molecular weight excluding hydrogens is 691 g/mol. The number of allylic oxidation sites excluding steroid dienone is 12. The summed E-state index contributed by atoms with van der Waals surface area (Å²) < 4.78 is 17.2. The number of hydrogen-bond acceptors (Lipinski definition) is 6. The quantitative estimate of drug-likeness (QED) is 0.0291. The van der Waals surface area contributed by atoms with Gasteiger partial charge in [0.1, 0.15) is 6.61 Å². The summed E-state index contributed by atoms with van der Waals surface area (Å²) in [6, 6.07) is -0.630. The Balaban J connectivity index is 4.50. The van der Waals surface area contributed by atoms with Gasteiger partial charge in [-0.1, -0.05) is 138 Å². The number of quaternary nitrogens is 1. The van der Waals surface area contributed by atoms with Crippen LogP contribution in [0.25, 0.3) is 0 Å². The van der Waals surface area contributed by atoms with Gasteiger partial charge in [0, 0.05) is 19.3 Å². The van der Waals surface area contributed by atoms with Crippen LogP contribution < -0.4 is 0 Å². The number of carboxylic acid groups (broad SMARTS) is 1. The number of carboxylic acids is 1. The summed E-state index contributed by atoms with van der Waals surface area (Å²) in [6.45, 7) is 4.51. The summed E-state index contributed by atoms with van der Waals surface area (Å²) in [5.41, 5.74) is 0. The molecule has 0 heterocycles. The van der Waals surface area contributed by atoms with Crippen molar-refractivity contribution in [3.8, 4) is 0 Å². The van der Waals surface area contributed by atoms with Crippen molar-refractivity contribution in [2.45, 2.75) is 167 Å². The molecular formula is C47H80NO7+. The first kappa shape index (κ1) is 51.8. The minimum Gasteiger partial charge on any atom is -0.477 e. The number of rotatable bonds is 37. The number of unbranched alkanes of at least 4 members (excludes halogenated alkanes) is 11. The first-order valence-corrected chi connectivity index (χ1v) is 21.5. The van der Waals surface area contributed by atoms with Crippen molar-refractivity contribution in [3.63, 3.8) is 0 Å². The topological polar surface area (TPSA) is 99.1 Å². The normalized spacial score (nSPS) is 13.7. The molecule has 0 rings (SSSR count). The minimum absolute atomic E-state index is 0.0267. The second-order valence-corrected chi connectivity index (χ2v) is 15.2. The number of hydrogen-bond donors (Lipinski definition) is 1. The van der Waals surface area contributed by atoms with Crippen molar-refractivity contribution in [2.24, 2.45) is 0 Å². The third-order valence-electron chi connectivity index (χ3n) is 9.10. The second-order valence-electron chi connectivity index (χ2n) is 15.2. The Morgan fingerprint density at radius 2 is 1.05 bits per heavy atom. The first-order chi connectivity index (χ1) is 26.6. The minimum atomic E-state index is -0.890. The summed E-state index contributed by atoms with van der Waals surface area (Å²) in [6.07, 6.45) is 46.7. The van der Waals surface area contributed by atoms with Gasteiger partial charge in [-0.05, 0) is 70.6 Å². The van der Waals surface area contributed by atoms with E-state index in [1.807, 2.05) is 33.3 Å². The Hall–Kier alpha value is -3.23. The lowest BCUT2D eigenvalue weighted by molar-refractivity contribution is -0.887. The summed E-state index contributed by atoms with van der Waals surface area (Å²) in [7, 11) is 5.49. The summed E-state index contributed by atoms with van der Waals surface area (Å²) in [5.74, 6) is -1.59. The molecule has 0 aliphatic rings. The number of likely N-dealkylation sites (N-methyl/N-ethyl adjacent to an activating group) is 1. The third kappa shape index (κ3) is 36.2. The Kier molecular flexibility index (Phi) is 35.5.